The van der Waals surface area contributed by atoms with Crippen LogP contribution in [0.5, 0.6) is 0 Å². The van der Waals surface area contributed by atoms with E-state index in [2.05, 4.69) is 10.4 Å². The average molecular weight is 462 g/mol. The molecular formula is C21H14N6O7. The van der Waals surface area contributed by atoms with Crippen LogP contribution in [-0.4, -0.2) is 37.8 Å². The van der Waals surface area contributed by atoms with Crippen LogP contribution in [0, 0.1) is 21.4 Å². The summed E-state index contributed by atoms with van der Waals surface area (Å²) in [4.78, 5) is 46.8. The lowest BCUT2D eigenvalue weighted by molar-refractivity contribution is -0.384. The van der Waals surface area contributed by atoms with Gasteiger partial charge in [0.15, 0.2) is 18.0 Å². The number of rotatable bonds is 7. The molecule has 0 aliphatic heterocycles. The third-order valence-electron chi connectivity index (χ3n) is 4.66. The molecular weight excluding hydrogens is 448 g/mol. The number of nitro groups is 1. The summed E-state index contributed by atoms with van der Waals surface area (Å²) in [5.41, 5.74) is 0.515. The van der Waals surface area contributed by atoms with Crippen molar-refractivity contribution in [2.75, 3.05) is 11.9 Å². The molecule has 0 fully saturated rings. The Morgan fingerprint density at radius 3 is 2.71 bits per heavy atom. The average Bonchev–Trinajstić information content (AvgIpc) is 3.37. The quantitative estimate of drug-likeness (QED) is 0.243. The van der Waals surface area contributed by atoms with Gasteiger partial charge in [0, 0.05) is 6.07 Å². The maximum Gasteiger partial charge on any atom is 0.420 e. The highest BCUT2D eigenvalue weighted by Gasteiger charge is 2.19. The number of ether oxygens (including phenoxy) is 1. The number of para-hydroxylation sites is 1. The van der Waals surface area contributed by atoms with E-state index in [9.17, 15) is 29.8 Å². The van der Waals surface area contributed by atoms with E-state index in [1.54, 1.807) is 30.3 Å². The van der Waals surface area contributed by atoms with Crippen LogP contribution in [0.15, 0.2) is 63.9 Å². The highest BCUT2D eigenvalue weighted by Crippen LogP contribution is 2.21. The summed E-state index contributed by atoms with van der Waals surface area (Å²) in [6.07, 6.45) is 1.29. The minimum atomic E-state index is -0.921. The van der Waals surface area contributed by atoms with Crippen molar-refractivity contribution in [3.63, 3.8) is 0 Å². The molecule has 0 spiro atoms. The molecule has 0 aliphatic carbocycles. The Labute approximate surface area is 189 Å². The zero-order valence-electron chi connectivity index (χ0n) is 17.2. The Morgan fingerprint density at radius 1 is 1.24 bits per heavy atom. The Hall–Kier alpha value is -5.25. The Morgan fingerprint density at radius 2 is 2.00 bits per heavy atom. The van der Waals surface area contributed by atoms with E-state index in [1.165, 1.54) is 16.9 Å². The maximum absolute atomic E-state index is 12.4. The van der Waals surface area contributed by atoms with Gasteiger partial charge in [-0.05, 0) is 18.2 Å². The van der Waals surface area contributed by atoms with Crippen molar-refractivity contribution in [2.45, 2.75) is 6.54 Å². The van der Waals surface area contributed by atoms with Gasteiger partial charge in [0.25, 0.3) is 11.6 Å². The number of benzene rings is 2. The number of fused-ring (bicyclic) bond motifs is 1. The molecule has 34 heavy (non-hydrogen) atoms. The summed E-state index contributed by atoms with van der Waals surface area (Å²) in [6.45, 7) is -1.28. The van der Waals surface area contributed by atoms with Crippen molar-refractivity contribution in [1.82, 2.24) is 14.3 Å². The summed E-state index contributed by atoms with van der Waals surface area (Å²) in [6, 6.07) is 14.2. The molecule has 0 saturated carbocycles. The molecule has 13 nitrogen and oxygen atoms in total. The fourth-order valence-electron chi connectivity index (χ4n) is 3.12. The second kappa shape index (κ2) is 9.09. The lowest BCUT2D eigenvalue weighted by Gasteiger charge is -2.10. The van der Waals surface area contributed by atoms with Crippen molar-refractivity contribution >= 4 is 34.5 Å². The Kier molecular flexibility index (Phi) is 5.87. The summed E-state index contributed by atoms with van der Waals surface area (Å²) >= 11 is 0. The molecule has 0 unspecified atom stereocenters. The molecule has 4 rings (SSSR count). The fourth-order valence-corrected chi connectivity index (χ4v) is 3.12. The van der Waals surface area contributed by atoms with Gasteiger partial charge in [-0.2, -0.15) is 10.4 Å². The number of non-ortho nitro benzene ring substituents is 1. The SMILES string of the molecule is N#Cc1cnn(-c2ccccc2)c1NC(=O)COC(=O)Cn1c(=O)oc2cc([N+](=O)[O-])ccc21. The minimum absolute atomic E-state index is 0.0667. The summed E-state index contributed by atoms with van der Waals surface area (Å²) in [5.74, 6) is -2.46. The normalized spacial score (nSPS) is 10.6. The molecule has 1 N–H and O–H groups in total. The van der Waals surface area contributed by atoms with Gasteiger partial charge in [-0.25, -0.2) is 9.48 Å². The zero-order chi connectivity index (χ0) is 24.2. The first-order valence-electron chi connectivity index (χ1n) is 9.64. The topological polar surface area (TPSA) is 175 Å². The smallest absolute Gasteiger partial charge is 0.420 e. The summed E-state index contributed by atoms with van der Waals surface area (Å²) in [7, 11) is 0. The van der Waals surface area contributed by atoms with E-state index in [0.717, 1.165) is 16.7 Å². The molecule has 2 aromatic heterocycles. The number of aromatic nitrogens is 3. The highest BCUT2D eigenvalue weighted by molar-refractivity contribution is 5.93. The van der Waals surface area contributed by atoms with E-state index in [0.29, 0.717) is 5.69 Å². The van der Waals surface area contributed by atoms with Crippen molar-refractivity contribution < 1.29 is 23.7 Å². The van der Waals surface area contributed by atoms with E-state index in [1.807, 2.05) is 6.07 Å². The monoisotopic (exact) mass is 462 g/mol. The Bertz CT molecular complexity index is 1510. The molecule has 2 heterocycles. The first-order chi connectivity index (χ1) is 16.4. The zero-order valence-corrected chi connectivity index (χ0v) is 17.2. The number of esters is 1. The molecule has 0 atom stereocenters. The maximum atomic E-state index is 12.4. The molecule has 0 saturated heterocycles. The second-order valence-electron chi connectivity index (χ2n) is 6.84. The van der Waals surface area contributed by atoms with Gasteiger partial charge in [-0.15, -0.1) is 0 Å². The Balaban J connectivity index is 1.43. The number of nitro benzene ring substituents is 1. The van der Waals surface area contributed by atoms with E-state index in [-0.39, 0.29) is 28.2 Å². The first kappa shape index (κ1) is 22.0. The number of hydrogen-bond donors (Lipinski definition) is 1. The van der Waals surface area contributed by atoms with Crippen LogP contribution in [0.2, 0.25) is 0 Å². The van der Waals surface area contributed by atoms with Crippen LogP contribution in [0.3, 0.4) is 0 Å². The predicted octanol–water partition coefficient (Wildman–Crippen LogP) is 1.74. The molecule has 0 aliphatic rings. The lowest BCUT2D eigenvalue weighted by Crippen LogP contribution is -2.26. The van der Waals surface area contributed by atoms with E-state index in [4.69, 9.17) is 9.15 Å². The number of nitrogens with zero attached hydrogens (tertiary/aromatic N) is 5. The molecule has 4 aromatic rings. The van der Waals surface area contributed by atoms with E-state index >= 15 is 0 Å². The van der Waals surface area contributed by atoms with Crippen molar-refractivity contribution in [1.29, 1.82) is 5.26 Å². The van der Waals surface area contributed by atoms with Gasteiger partial charge in [-0.3, -0.25) is 24.3 Å². The number of anilines is 1. The standard InChI is InChI=1S/C21H14N6O7/c22-9-13-10-23-26(14-4-2-1-3-5-14)20(13)24-18(28)12-33-19(29)11-25-16-7-6-15(27(31)32)8-17(16)34-21(25)30/h1-8,10H,11-12H2,(H,24,28). The van der Waals surface area contributed by atoms with Crippen LogP contribution in [0.25, 0.3) is 16.8 Å². The lowest BCUT2D eigenvalue weighted by atomic mass is 10.3. The van der Waals surface area contributed by atoms with E-state index < -0.39 is 35.7 Å². The number of carbonyl (C=O) groups is 2. The predicted molar refractivity (Wildman–Crippen MR) is 115 cm³/mol. The molecule has 1 amide bonds. The van der Waals surface area contributed by atoms with Crippen LogP contribution >= 0.6 is 0 Å². The highest BCUT2D eigenvalue weighted by atomic mass is 16.6. The number of hydrogen-bond acceptors (Lipinski definition) is 9. The van der Waals surface area contributed by atoms with Crippen LogP contribution < -0.4 is 11.1 Å². The second-order valence-corrected chi connectivity index (χ2v) is 6.84. The van der Waals surface area contributed by atoms with Gasteiger partial charge < -0.3 is 14.5 Å². The molecule has 0 bridgehead atoms. The van der Waals surface area contributed by atoms with Gasteiger partial charge in [-0.1, -0.05) is 18.2 Å². The van der Waals surface area contributed by atoms with Gasteiger partial charge in [0.2, 0.25) is 0 Å². The molecule has 13 heteroatoms. The van der Waals surface area contributed by atoms with Crippen molar-refractivity contribution in [2.24, 2.45) is 0 Å². The number of oxazole rings is 1. The molecule has 2 aromatic carbocycles. The fraction of sp³-hybridized carbons (Fsp3) is 0.0952. The van der Waals surface area contributed by atoms with Crippen LogP contribution in [0.1, 0.15) is 5.56 Å². The number of amides is 1. The van der Waals surface area contributed by atoms with Crippen LogP contribution in [-0.2, 0) is 20.9 Å². The molecule has 0 radical (unpaired) electrons. The summed E-state index contributed by atoms with van der Waals surface area (Å²) < 4.78 is 12.2. The number of carbonyl (C=O) groups excluding carboxylic acids is 2. The first-order valence-corrected chi connectivity index (χ1v) is 9.64. The minimum Gasteiger partial charge on any atom is -0.454 e. The van der Waals surface area contributed by atoms with Gasteiger partial charge >= 0.3 is 11.7 Å². The van der Waals surface area contributed by atoms with Gasteiger partial charge in [0.1, 0.15) is 18.2 Å². The largest absolute Gasteiger partial charge is 0.454 e. The third kappa shape index (κ3) is 4.36. The number of nitrogens with one attached hydrogen (secondary N) is 1. The van der Waals surface area contributed by atoms with Crippen molar-refractivity contribution in [3.8, 4) is 11.8 Å². The summed E-state index contributed by atoms with van der Waals surface area (Å²) in [5, 5.41) is 26.7. The van der Waals surface area contributed by atoms with Crippen molar-refractivity contribution in [3.05, 3.63) is 81.0 Å². The number of nitriles is 1. The van der Waals surface area contributed by atoms with Gasteiger partial charge in [0.05, 0.1) is 28.4 Å². The third-order valence-corrected chi connectivity index (χ3v) is 4.66. The van der Waals surface area contributed by atoms with Crippen LogP contribution in [0.4, 0.5) is 11.5 Å². The molecule has 170 valence electrons.